The molecule has 0 atom stereocenters. The summed E-state index contributed by atoms with van der Waals surface area (Å²) in [6.07, 6.45) is 1.22. The summed E-state index contributed by atoms with van der Waals surface area (Å²) in [7, 11) is 0. The molecule has 1 fully saturated rings. The van der Waals surface area contributed by atoms with E-state index >= 15 is 0 Å². The second-order valence-electron chi connectivity index (χ2n) is 8.13. The molecule has 1 aromatic heterocycles. The number of rotatable bonds is 5. The average molecular weight is 486 g/mol. The number of aryl methyl sites for hydroxylation is 2. The van der Waals surface area contributed by atoms with Gasteiger partial charge in [-0.1, -0.05) is 16.8 Å². The van der Waals surface area contributed by atoms with Gasteiger partial charge in [0.05, 0.1) is 0 Å². The van der Waals surface area contributed by atoms with Crippen LogP contribution in [0.4, 0.5) is 14.9 Å². The van der Waals surface area contributed by atoms with Crippen molar-refractivity contribution in [1.82, 2.24) is 19.9 Å². The van der Waals surface area contributed by atoms with Crippen LogP contribution in [0.1, 0.15) is 24.3 Å². The Morgan fingerprint density at radius 3 is 2.59 bits per heavy atom. The number of hydrogen-bond acceptors (Lipinski definition) is 5. The van der Waals surface area contributed by atoms with Crippen LogP contribution >= 0.6 is 11.6 Å². The Kier molecular flexibility index (Phi) is 7.42. The van der Waals surface area contributed by atoms with Gasteiger partial charge >= 0.3 is 6.03 Å². The van der Waals surface area contributed by atoms with E-state index in [0.717, 1.165) is 0 Å². The Morgan fingerprint density at radius 2 is 1.82 bits per heavy atom. The van der Waals surface area contributed by atoms with Crippen molar-refractivity contribution in [3.8, 4) is 11.4 Å². The molecule has 0 saturated carbocycles. The van der Waals surface area contributed by atoms with E-state index in [-0.39, 0.29) is 24.2 Å². The highest BCUT2D eigenvalue weighted by Crippen LogP contribution is 2.20. The normalized spacial score (nSPS) is 14.1. The zero-order valence-electron chi connectivity index (χ0n) is 18.8. The van der Waals surface area contributed by atoms with Gasteiger partial charge in [-0.2, -0.15) is 4.98 Å². The second-order valence-corrected chi connectivity index (χ2v) is 8.57. The van der Waals surface area contributed by atoms with Crippen molar-refractivity contribution < 1.29 is 18.5 Å². The van der Waals surface area contributed by atoms with Crippen LogP contribution < -0.4 is 5.32 Å². The molecular weight excluding hydrogens is 461 g/mol. The minimum atomic E-state index is -0.295. The summed E-state index contributed by atoms with van der Waals surface area (Å²) in [5.41, 5.74) is 1.82. The molecule has 0 unspecified atom stereocenters. The first-order valence-corrected chi connectivity index (χ1v) is 11.5. The zero-order valence-corrected chi connectivity index (χ0v) is 19.5. The van der Waals surface area contributed by atoms with Crippen molar-refractivity contribution in [1.29, 1.82) is 0 Å². The first kappa shape index (κ1) is 23.7. The molecule has 2 heterocycles. The highest BCUT2D eigenvalue weighted by Gasteiger charge is 2.22. The topological polar surface area (TPSA) is 91.6 Å². The summed E-state index contributed by atoms with van der Waals surface area (Å²) in [5.74, 6) is 0.389. The SMILES string of the molecule is Cc1cc(-c2noc(CCC(=O)N3CCCN(C(=O)Nc4ccc(Cl)cc4)CC3)n2)ccc1F. The van der Waals surface area contributed by atoms with Crippen LogP contribution in [0.5, 0.6) is 0 Å². The third-order valence-electron chi connectivity index (χ3n) is 5.67. The van der Waals surface area contributed by atoms with Gasteiger partial charge in [-0.25, -0.2) is 9.18 Å². The molecule has 0 radical (unpaired) electrons. The molecule has 0 spiro atoms. The molecule has 1 saturated heterocycles. The number of carbonyl (C=O) groups is 2. The molecule has 0 aliphatic carbocycles. The standard InChI is InChI=1S/C24H25ClFN5O3/c1-16-15-17(3-8-20(16)26)23-28-21(34-29-23)9-10-22(32)30-11-2-12-31(14-13-30)24(33)27-19-6-4-18(25)5-7-19/h3-8,15H,2,9-14H2,1H3,(H,27,33). The summed E-state index contributed by atoms with van der Waals surface area (Å²) < 4.78 is 18.7. The first-order valence-electron chi connectivity index (χ1n) is 11.1. The highest BCUT2D eigenvalue weighted by atomic mass is 35.5. The fourth-order valence-corrected chi connectivity index (χ4v) is 3.86. The molecule has 4 rings (SSSR count). The summed E-state index contributed by atoms with van der Waals surface area (Å²) in [6.45, 7) is 3.71. The molecule has 2 aromatic carbocycles. The predicted octanol–water partition coefficient (Wildman–Crippen LogP) is 4.54. The number of amides is 3. The summed E-state index contributed by atoms with van der Waals surface area (Å²) >= 11 is 5.88. The van der Waals surface area contributed by atoms with Crippen LogP contribution in [0.2, 0.25) is 5.02 Å². The number of hydrogen-bond donors (Lipinski definition) is 1. The number of halogens is 2. The molecule has 8 nitrogen and oxygen atoms in total. The lowest BCUT2D eigenvalue weighted by Gasteiger charge is -2.22. The van der Waals surface area contributed by atoms with E-state index in [1.165, 1.54) is 6.07 Å². The minimum Gasteiger partial charge on any atom is -0.341 e. The Labute approximate surface area is 201 Å². The third-order valence-corrected chi connectivity index (χ3v) is 5.92. The predicted molar refractivity (Wildman–Crippen MR) is 126 cm³/mol. The van der Waals surface area contributed by atoms with Gasteiger partial charge in [0, 0.05) is 55.3 Å². The molecule has 1 N–H and O–H groups in total. The minimum absolute atomic E-state index is 0.0302. The fourth-order valence-electron chi connectivity index (χ4n) is 3.74. The fraction of sp³-hybridized carbons (Fsp3) is 0.333. The quantitative estimate of drug-likeness (QED) is 0.573. The number of anilines is 1. The zero-order chi connectivity index (χ0) is 24.1. The number of benzene rings is 2. The Bertz CT molecular complexity index is 1170. The monoisotopic (exact) mass is 485 g/mol. The van der Waals surface area contributed by atoms with Crippen molar-refractivity contribution in [3.05, 3.63) is 64.8 Å². The number of aromatic nitrogens is 2. The van der Waals surface area contributed by atoms with Gasteiger partial charge < -0.3 is 19.6 Å². The van der Waals surface area contributed by atoms with Crippen molar-refractivity contribution in [2.75, 3.05) is 31.5 Å². The summed E-state index contributed by atoms with van der Waals surface area (Å²) in [5, 5.41) is 7.40. The van der Waals surface area contributed by atoms with Crippen molar-refractivity contribution in [2.45, 2.75) is 26.2 Å². The smallest absolute Gasteiger partial charge is 0.321 e. The lowest BCUT2D eigenvalue weighted by Crippen LogP contribution is -2.39. The molecule has 10 heteroatoms. The number of carbonyl (C=O) groups excluding carboxylic acids is 2. The van der Waals surface area contributed by atoms with E-state index in [1.54, 1.807) is 53.1 Å². The molecule has 178 valence electrons. The van der Waals surface area contributed by atoms with Crippen LogP contribution in [0.3, 0.4) is 0 Å². The van der Waals surface area contributed by atoms with Gasteiger partial charge in [-0.05, 0) is 61.4 Å². The summed E-state index contributed by atoms with van der Waals surface area (Å²) in [6, 6.07) is 11.3. The van der Waals surface area contributed by atoms with E-state index in [2.05, 4.69) is 15.5 Å². The maximum atomic E-state index is 13.5. The maximum absolute atomic E-state index is 13.5. The molecule has 3 amide bonds. The molecule has 1 aliphatic rings. The van der Waals surface area contributed by atoms with Gasteiger partial charge in [0.2, 0.25) is 17.6 Å². The number of urea groups is 1. The van der Waals surface area contributed by atoms with Crippen LogP contribution in [-0.2, 0) is 11.2 Å². The van der Waals surface area contributed by atoms with Gasteiger partial charge in [0.25, 0.3) is 0 Å². The average Bonchev–Trinajstić information content (AvgIpc) is 3.16. The van der Waals surface area contributed by atoms with Gasteiger partial charge in [0.15, 0.2) is 0 Å². The van der Waals surface area contributed by atoms with Gasteiger partial charge in [-0.3, -0.25) is 4.79 Å². The van der Waals surface area contributed by atoms with Gasteiger partial charge in [-0.15, -0.1) is 0 Å². The van der Waals surface area contributed by atoms with E-state index in [0.29, 0.717) is 72.6 Å². The lowest BCUT2D eigenvalue weighted by molar-refractivity contribution is -0.131. The Balaban J connectivity index is 1.27. The van der Waals surface area contributed by atoms with Crippen molar-refractivity contribution in [3.63, 3.8) is 0 Å². The Hall–Kier alpha value is -3.46. The molecule has 0 bridgehead atoms. The van der Waals surface area contributed by atoms with Crippen LogP contribution in [-0.4, -0.2) is 58.1 Å². The number of nitrogens with zero attached hydrogens (tertiary/aromatic N) is 4. The second kappa shape index (κ2) is 10.6. The molecule has 3 aromatic rings. The first-order chi connectivity index (χ1) is 16.4. The number of nitrogens with one attached hydrogen (secondary N) is 1. The van der Waals surface area contributed by atoms with Crippen LogP contribution in [0.15, 0.2) is 47.0 Å². The largest absolute Gasteiger partial charge is 0.341 e. The maximum Gasteiger partial charge on any atom is 0.321 e. The van der Waals surface area contributed by atoms with E-state index < -0.39 is 0 Å². The lowest BCUT2D eigenvalue weighted by atomic mass is 10.1. The van der Waals surface area contributed by atoms with Crippen LogP contribution in [0.25, 0.3) is 11.4 Å². The Morgan fingerprint density at radius 1 is 1.09 bits per heavy atom. The van der Waals surface area contributed by atoms with Crippen molar-refractivity contribution >= 4 is 29.2 Å². The van der Waals surface area contributed by atoms with Crippen LogP contribution in [0, 0.1) is 12.7 Å². The summed E-state index contributed by atoms with van der Waals surface area (Å²) in [4.78, 5) is 33.1. The van der Waals surface area contributed by atoms with E-state index in [4.69, 9.17) is 16.1 Å². The molecule has 1 aliphatic heterocycles. The molecular formula is C24H25ClFN5O3. The third kappa shape index (κ3) is 5.91. The van der Waals surface area contributed by atoms with E-state index in [9.17, 15) is 14.0 Å². The van der Waals surface area contributed by atoms with Gasteiger partial charge in [0.1, 0.15) is 5.82 Å². The highest BCUT2D eigenvalue weighted by molar-refractivity contribution is 6.30. The molecule has 34 heavy (non-hydrogen) atoms. The van der Waals surface area contributed by atoms with E-state index in [1.807, 2.05) is 0 Å². The van der Waals surface area contributed by atoms with Crippen molar-refractivity contribution in [2.24, 2.45) is 0 Å².